The molecule has 1 aromatic heterocycles. The Morgan fingerprint density at radius 2 is 1.93 bits per heavy atom. The summed E-state index contributed by atoms with van der Waals surface area (Å²) in [6.07, 6.45) is -4.80. The molecule has 1 unspecified atom stereocenters. The van der Waals surface area contributed by atoms with Crippen LogP contribution >= 0.6 is 7.82 Å². The molecule has 3 rings (SSSR count). The van der Waals surface area contributed by atoms with Gasteiger partial charge in [0.05, 0.1) is 6.61 Å². The number of hydrogen-bond donors (Lipinski definition) is 4. The number of ether oxygens (including phenoxy) is 1. The number of alkyl halides is 1. The number of H-pyrrole nitrogens is 1. The molecular weight excluding hydrogens is 414 g/mol. The first kappa shape index (κ1) is 21.4. The Balaban J connectivity index is 1.78. The van der Waals surface area contributed by atoms with Gasteiger partial charge in [-0.25, -0.2) is 13.8 Å². The minimum Gasteiger partial charge on any atom is -0.404 e. The summed E-state index contributed by atoms with van der Waals surface area (Å²) in [5.74, 6) is -0.0876. The topological polar surface area (TPSA) is 160 Å². The molecule has 1 aliphatic rings. The van der Waals surface area contributed by atoms with Crippen molar-refractivity contribution in [3.05, 3.63) is 62.9 Å². The van der Waals surface area contributed by atoms with E-state index >= 15 is 0 Å². The maximum atomic E-state index is 12.5. The number of aromatic nitrogens is 2. The minimum absolute atomic E-state index is 0.0876. The number of aliphatic hydroxyl groups is 2. The Hall–Kier alpha value is -2.34. The van der Waals surface area contributed by atoms with E-state index in [1.807, 2.05) is 4.98 Å². The maximum absolute atomic E-state index is 12.5. The first-order chi connectivity index (χ1) is 13.7. The zero-order chi connectivity index (χ0) is 21.2. The third-order valence-corrected chi connectivity index (χ3v) is 5.12. The molecule has 1 aromatic carbocycles. The second-order valence-electron chi connectivity index (χ2n) is 6.16. The average molecular weight is 432 g/mol. The van der Waals surface area contributed by atoms with E-state index in [2.05, 4.69) is 0 Å². The lowest BCUT2D eigenvalue weighted by atomic mass is 10.1. The highest BCUT2D eigenvalue weighted by Gasteiger charge is 2.49. The Labute approximate surface area is 162 Å². The van der Waals surface area contributed by atoms with Crippen molar-refractivity contribution in [1.82, 2.24) is 9.55 Å². The summed E-state index contributed by atoms with van der Waals surface area (Å²) in [4.78, 5) is 35.1. The first-order valence-electron chi connectivity index (χ1n) is 8.35. The van der Waals surface area contributed by atoms with Gasteiger partial charge in [0.2, 0.25) is 0 Å². The summed E-state index contributed by atoms with van der Waals surface area (Å²) >= 11 is 0. The van der Waals surface area contributed by atoms with Crippen LogP contribution in [0, 0.1) is 0 Å². The van der Waals surface area contributed by atoms with Gasteiger partial charge in [-0.15, -0.1) is 0 Å². The van der Waals surface area contributed by atoms with Crippen LogP contribution in [0.4, 0.5) is 4.39 Å². The molecule has 158 valence electrons. The standard InChI is InChI=1S/C16H18FN2O9P/c17-7-9-1-3-10(4-2-9)27-29(24,25)28-14-11(8-20)26-15(13(14)22)19-6-5-12(21)18-16(19)23/h1-6,11,13-15,20,22H,7-8H2,(H,24,25)(H,18,21,23)/t11-,13-,14-,15-/m1/s1. The van der Waals surface area contributed by atoms with Gasteiger partial charge < -0.3 is 19.5 Å². The highest BCUT2D eigenvalue weighted by molar-refractivity contribution is 7.47. The van der Waals surface area contributed by atoms with Gasteiger partial charge in [-0.1, -0.05) is 12.1 Å². The second-order valence-corrected chi connectivity index (χ2v) is 7.49. The molecular formula is C16H18FN2O9P. The van der Waals surface area contributed by atoms with Gasteiger partial charge in [0.25, 0.3) is 5.56 Å². The number of nitrogens with one attached hydrogen (secondary N) is 1. The lowest BCUT2D eigenvalue weighted by molar-refractivity contribution is -0.0548. The van der Waals surface area contributed by atoms with Crippen molar-refractivity contribution in [2.75, 3.05) is 6.61 Å². The van der Waals surface area contributed by atoms with E-state index < -0.39 is 56.9 Å². The minimum atomic E-state index is -4.80. The third kappa shape index (κ3) is 4.81. The predicted octanol–water partition coefficient (Wildman–Crippen LogP) is -0.179. The van der Waals surface area contributed by atoms with E-state index in [0.717, 1.165) is 16.8 Å². The average Bonchev–Trinajstić information content (AvgIpc) is 2.97. The number of rotatable bonds is 7. The molecule has 2 heterocycles. The molecule has 1 saturated heterocycles. The third-order valence-electron chi connectivity index (χ3n) is 4.17. The summed E-state index contributed by atoms with van der Waals surface area (Å²) in [7, 11) is -4.80. The monoisotopic (exact) mass is 432 g/mol. The summed E-state index contributed by atoms with van der Waals surface area (Å²) in [6.45, 7) is -1.43. The number of nitrogens with zero attached hydrogens (tertiary/aromatic N) is 1. The van der Waals surface area contributed by atoms with Crippen molar-refractivity contribution in [2.24, 2.45) is 0 Å². The van der Waals surface area contributed by atoms with Gasteiger partial charge in [-0.05, 0) is 17.7 Å². The van der Waals surface area contributed by atoms with Gasteiger partial charge in [0.15, 0.2) is 6.23 Å². The van der Waals surface area contributed by atoms with Crippen molar-refractivity contribution in [3.63, 3.8) is 0 Å². The first-order valence-corrected chi connectivity index (χ1v) is 9.85. The lowest BCUT2D eigenvalue weighted by Crippen LogP contribution is -2.38. The molecule has 1 aliphatic heterocycles. The normalized spacial score (nSPS) is 26.2. The molecule has 11 nitrogen and oxygen atoms in total. The van der Waals surface area contributed by atoms with Crippen molar-refractivity contribution < 1.29 is 37.8 Å². The number of phosphoric ester groups is 1. The van der Waals surface area contributed by atoms with Crippen LogP contribution in [0.25, 0.3) is 0 Å². The van der Waals surface area contributed by atoms with Crippen LogP contribution in [0.3, 0.4) is 0 Å². The fourth-order valence-electron chi connectivity index (χ4n) is 2.80. The summed E-state index contributed by atoms with van der Waals surface area (Å²) in [5.41, 5.74) is -1.23. The number of aliphatic hydroxyl groups excluding tert-OH is 2. The van der Waals surface area contributed by atoms with E-state index in [4.69, 9.17) is 13.8 Å². The Morgan fingerprint density at radius 3 is 2.52 bits per heavy atom. The summed E-state index contributed by atoms with van der Waals surface area (Å²) in [5, 5.41) is 19.9. The Kier molecular flexibility index (Phi) is 6.32. The molecule has 1 fully saturated rings. The lowest BCUT2D eigenvalue weighted by Gasteiger charge is -2.22. The summed E-state index contributed by atoms with van der Waals surface area (Å²) < 4.78 is 40.9. The number of halogens is 1. The number of benzene rings is 1. The molecule has 0 amide bonds. The molecule has 0 radical (unpaired) electrons. The Morgan fingerprint density at radius 1 is 1.24 bits per heavy atom. The van der Waals surface area contributed by atoms with Crippen LogP contribution in [0.15, 0.2) is 46.1 Å². The van der Waals surface area contributed by atoms with Crippen LogP contribution in [0.5, 0.6) is 5.75 Å². The maximum Gasteiger partial charge on any atom is 0.527 e. The number of aromatic amines is 1. The molecule has 0 bridgehead atoms. The predicted molar refractivity (Wildman–Crippen MR) is 94.9 cm³/mol. The van der Waals surface area contributed by atoms with Crippen molar-refractivity contribution in [3.8, 4) is 5.75 Å². The highest BCUT2D eigenvalue weighted by atomic mass is 31.2. The van der Waals surface area contributed by atoms with Crippen LogP contribution in [-0.4, -0.2) is 49.6 Å². The van der Waals surface area contributed by atoms with E-state index in [1.165, 1.54) is 24.3 Å². The molecule has 0 saturated carbocycles. The number of phosphoric acid groups is 1. The highest BCUT2D eigenvalue weighted by Crippen LogP contribution is 2.48. The van der Waals surface area contributed by atoms with Gasteiger partial charge in [-0.3, -0.25) is 23.8 Å². The molecule has 2 aromatic rings. The molecule has 0 spiro atoms. The molecule has 5 atom stereocenters. The van der Waals surface area contributed by atoms with Crippen LogP contribution < -0.4 is 15.8 Å². The molecule has 4 N–H and O–H groups in total. The Bertz CT molecular complexity index is 1010. The van der Waals surface area contributed by atoms with Gasteiger partial charge in [-0.2, -0.15) is 0 Å². The van der Waals surface area contributed by atoms with E-state index in [-0.39, 0.29) is 5.75 Å². The quantitative estimate of drug-likeness (QED) is 0.435. The SMILES string of the molecule is O=c1ccn([C@@H]2O[C@H](CO)[C@@H](OP(=O)(O)Oc3ccc(CF)cc3)[C@H]2O)c(=O)[nH]1. The fourth-order valence-corrected chi connectivity index (χ4v) is 3.80. The largest absolute Gasteiger partial charge is 0.527 e. The van der Waals surface area contributed by atoms with E-state index in [0.29, 0.717) is 5.56 Å². The van der Waals surface area contributed by atoms with E-state index in [9.17, 15) is 33.7 Å². The van der Waals surface area contributed by atoms with Crippen molar-refractivity contribution in [1.29, 1.82) is 0 Å². The van der Waals surface area contributed by atoms with Gasteiger partial charge in [0, 0.05) is 12.3 Å². The fraction of sp³-hybridized carbons (Fsp3) is 0.375. The van der Waals surface area contributed by atoms with Crippen LogP contribution in [0.2, 0.25) is 0 Å². The van der Waals surface area contributed by atoms with Crippen molar-refractivity contribution >= 4 is 7.82 Å². The molecule has 13 heteroatoms. The second kappa shape index (κ2) is 8.57. The van der Waals surface area contributed by atoms with Crippen LogP contribution in [0.1, 0.15) is 11.8 Å². The smallest absolute Gasteiger partial charge is 0.404 e. The number of hydrogen-bond acceptors (Lipinski definition) is 8. The molecule has 0 aliphatic carbocycles. The zero-order valence-corrected chi connectivity index (χ0v) is 15.6. The van der Waals surface area contributed by atoms with E-state index in [1.54, 1.807) is 0 Å². The van der Waals surface area contributed by atoms with Gasteiger partial charge in [0.1, 0.15) is 30.7 Å². The van der Waals surface area contributed by atoms with Crippen LogP contribution in [-0.2, 0) is 20.5 Å². The zero-order valence-electron chi connectivity index (χ0n) is 14.8. The molecule has 29 heavy (non-hydrogen) atoms. The van der Waals surface area contributed by atoms with Crippen molar-refractivity contribution in [2.45, 2.75) is 31.2 Å². The summed E-state index contributed by atoms with van der Waals surface area (Å²) in [6, 6.07) is 6.22. The van der Waals surface area contributed by atoms with Gasteiger partial charge >= 0.3 is 13.5 Å².